The van der Waals surface area contributed by atoms with Gasteiger partial charge in [-0.05, 0) is 23.8 Å². The molecular weight excluding hydrogens is 224 g/mol. The SMILES string of the molecule is CSCC(=O)N1CCc2cc(=O)[nH]cc2C1. The van der Waals surface area contributed by atoms with E-state index >= 15 is 0 Å². The van der Waals surface area contributed by atoms with Gasteiger partial charge >= 0.3 is 0 Å². The molecule has 5 heteroatoms. The predicted molar refractivity (Wildman–Crippen MR) is 64.6 cm³/mol. The molecule has 1 aromatic rings. The maximum Gasteiger partial charge on any atom is 0.248 e. The molecule has 2 heterocycles. The van der Waals surface area contributed by atoms with Crippen molar-refractivity contribution in [1.82, 2.24) is 9.88 Å². The van der Waals surface area contributed by atoms with Gasteiger partial charge in [-0.1, -0.05) is 0 Å². The summed E-state index contributed by atoms with van der Waals surface area (Å²) in [7, 11) is 0. The third kappa shape index (κ3) is 2.29. The molecule has 1 aliphatic heterocycles. The molecule has 0 aliphatic carbocycles. The molecule has 0 spiro atoms. The molecule has 16 heavy (non-hydrogen) atoms. The lowest BCUT2D eigenvalue weighted by molar-refractivity contribution is -0.129. The monoisotopic (exact) mass is 238 g/mol. The molecule has 1 aliphatic rings. The Morgan fingerprint density at radius 3 is 3.12 bits per heavy atom. The van der Waals surface area contributed by atoms with E-state index in [0.717, 1.165) is 24.1 Å². The van der Waals surface area contributed by atoms with Crippen molar-refractivity contribution < 1.29 is 4.79 Å². The van der Waals surface area contributed by atoms with Gasteiger partial charge < -0.3 is 9.88 Å². The summed E-state index contributed by atoms with van der Waals surface area (Å²) in [6, 6.07) is 1.63. The highest BCUT2D eigenvalue weighted by atomic mass is 32.2. The lowest BCUT2D eigenvalue weighted by atomic mass is 10.0. The van der Waals surface area contributed by atoms with Gasteiger partial charge in [0.1, 0.15) is 0 Å². The van der Waals surface area contributed by atoms with Crippen molar-refractivity contribution in [2.75, 3.05) is 18.6 Å². The smallest absolute Gasteiger partial charge is 0.248 e. The van der Waals surface area contributed by atoms with Crippen LogP contribution in [-0.4, -0.2) is 34.3 Å². The summed E-state index contributed by atoms with van der Waals surface area (Å²) in [6.07, 6.45) is 4.42. The fourth-order valence-electron chi connectivity index (χ4n) is 1.89. The van der Waals surface area contributed by atoms with Gasteiger partial charge in [0.2, 0.25) is 11.5 Å². The van der Waals surface area contributed by atoms with E-state index in [9.17, 15) is 9.59 Å². The summed E-state index contributed by atoms with van der Waals surface area (Å²) in [6.45, 7) is 1.33. The number of aromatic amines is 1. The zero-order chi connectivity index (χ0) is 11.5. The number of rotatable bonds is 2. The van der Waals surface area contributed by atoms with Crippen LogP contribution in [0.2, 0.25) is 0 Å². The predicted octanol–water partition coefficient (Wildman–Crippen LogP) is 0.623. The Bertz CT molecular complexity index is 456. The first-order valence-corrected chi connectivity index (χ1v) is 6.57. The number of pyridine rings is 1. The van der Waals surface area contributed by atoms with Crippen molar-refractivity contribution in [2.45, 2.75) is 13.0 Å². The van der Waals surface area contributed by atoms with Crippen LogP contribution in [0.5, 0.6) is 0 Å². The van der Waals surface area contributed by atoms with Crippen LogP contribution in [0, 0.1) is 0 Å². The van der Waals surface area contributed by atoms with Crippen LogP contribution in [0.3, 0.4) is 0 Å². The van der Waals surface area contributed by atoms with Gasteiger partial charge in [0, 0.05) is 25.4 Å². The third-order valence-electron chi connectivity index (χ3n) is 2.74. The van der Waals surface area contributed by atoms with Crippen LogP contribution in [0.25, 0.3) is 0 Å². The molecule has 4 nitrogen and oxygen atoms in total. The van der Waals surface area contributed by atoms with Crippen LogP contribution in [0.1, 0.15) is 11.1 Å². The first-order chi connectivity index (χ1) is 7.70. The Morgan fingerprint density at radius 1 is 1.56 bits per heavy atom. The first-order valence-electron chi connectivity index (χ1n) is 5.18. The molecule has 0 bridgehead atoms. The van der Waals surface area contributed by atoms with E-state index in [4.69, 9.17) is 0 Å². The van der Waals surface area contributed by atoms with Gasteiger partial charge in [-0.25, -0.2) is 0 Å². The van der Waals surface area contributed by atoms with Crippen LogP contribution in [0.4, 0.5) is 0 Å². The molecule has 0 fully saturated rings. The minimum atomic E-state index is -0.0670. The van der Waals surface area contributed by atoms with Crippen molar-refractivity contribution in [1.29, 1.82) is 0 Å². The Balaban J connectivity index is 2.15. The van der Waals surface area contributed by atoms with Crippen LogP contribution in [-0.2, 0) is 17.8 Å². The highest BCUT2D eigenvalue weighted by molar-refractivity contribution is 7.99. The van der Waals surface area contributed by atoms with Gasteiger partial charge in [-0.15, -0.1) is 0 Å². The van der Waals surface area contributed by atoms with E-state index < -0.39 is 0 Å². The van der Waals surface area contributed by atoms with Gasteiger partial charge in [0.15, 0.2) is 0 Å². The van der Waals surface area contributed by atoms with Crippen molar-refractivity contribution in [2.24, 2.45) is 0 Å². The van der Waals surface area contributed by atoms with E-state index in [1.807, 2.05) is 11.2 Å². The Hall–Kier alpha value is -1.23. The quantitative estimate of drug-likeness (QED) is 0.822. The van der Waals surface area contributed by atoms with E-state index in [0.29, 0.717) is 12.3 Å². The number of hydrogen-bond acceptors (Lipinski definition) is 3. The number of fused-ring (bicyclic) bond motifs is 1. The second-order valence-corrected chi connectivity index (χ2v) is 4.71. The molecule has 86 valence electrons. The molecular formula is C11H14N2O2S. The third-order valence-corrected chi connectivity index (χ3v) is 3.27. The number of hydrogen-bond donors (Lipinski definition) is 1. The summed E-state index contributed by atoms with van der Waals surface area (Å²) in [5.41, 5.74) is 2.06. The number of carbonyl (C=O) groups excluding carboxylic acids is 1. The number of nitrogens with zero attached hydrogens (tertiary/aromatic N) is 1. The maximum atomic E-state index is 11.7. The Labute approximate surface area is 98.0 Å². The normalized spacial score (nSPS) is 14.7. The van der Waals surface area contributed by atoms with E-state index in [-0.39, 0.29) is 11.5 Å². The highest BCUT2D eigenvalue weighted by Crippen LogP contribution is 2.16. The number of nitrogens with one attached hydrogen (secondary N) is 1. The number of amides is 1. The van der Waals surface area contributed by atoms with E-state index in [1.54, 1.807) is 12.3 Å². The van der Waals surface area contributed by atoms with Gasteiger partial charge in [-0.2, -0.15) is 11.8 Å². The molecule has 1 aromatic heterocycles. The standard InChI is InChI=1S/C11H14N2O2S/c1-16-7-11(15)13-3-2-8-4-10(14)12-5-9(8)6-13/h4-5H,2-3,6-7H2,1H3,(H,12,14). The summed E-state index contributed by atoms with van der Waals surface area (Å²) in [5, 5.41) is 0. The highest BCUT2D eigenvalue weighted by Gasteiger charge is 2.20. The largest absolute Gasteiger partial charge is 0.337 e. The fourth-order valence-corrected chi connectivity index (χ4v) is 2.32. The van der Waals surface area contributed by atoms with Crippen LogP contribution < -0.4 is 5.56 Å². The van der Waals surface area contributed by atoms with Crippen molar-refractivity contribution in [3.63, 3.8) is 0 Å². The Morgan fingerprint density at radius 2 is 2.38 bits per heavy atom. The minimum absolute atomic E-state index is 0.0670. The summed E-state index contributed by atoms with van der Waals surface area (Å²) >= 11 is 1.54. The van der Waals surface area contributed by atoms with Gasteiger partial charge in [0.05, 0.1) is 5.75 Å². The lowest BCUT2D eigenvalue weighted by Crippen LogP contribution is -2.37. The minimum Gasteiger partial charge on any atom is -0.337 e. The number of thioether (sulfide) groups is 1. The average Bonchev–Trinajstić information content (AvgIpc) is 2.28. The van der Waals surface area contributed by atoms with Crippen molar-refractivity contribution in [3.05, 3.63) is 33.7 Å². The molecule has 1 amide bonds. The topological polar surface area (TPSA) is 53.2 Å². The fraction of sp³-hybridized carbons (Fsp3) is 0.455. The zero-order valence-corrected chi connectivity index (χ0v) is 9.97. The number of aromatic nitrogens is 1. The Kier molecular flexibility index (Phi) is 3.33. The number of carbonyl (C=O) groups is 1. The van der Waals surface area contributed by atoms with Crippen LogP contribution >= 0.6 is 11.8 Å². The molecule has 0 unspecified atom stereocenters. The van der Waals surface area contributed by atoms with Crippen molar-refractivity contribution >= 4 is 17.7 Å². The van der Waals surface area contributed by atoms with E-state index in [2.05, 4.69) is 4.98 Å². The zero-order valence-electron chi connectivity index (χ0n) is 9.16. The second-order valence-electron chi connectivity index (χ2n) is 3.85. The summed E-state index contributed by atoms with van der Waals surface area (Å²) in [4.78, 5) is 27.3. The lowest BCUT2D eigenvalue weighted by Gasteiger charge is -2.28. The van der Waals surface area contributed by atoms with Crippen molar-refractivity contribution in [3.8, 4) is 0 Å². The van der Waals surface area contributed by atoms with Gasteiger partial charge in [0.25, 0.3) is 0 Å². The molecule has 2 rings (SSSR count). The average molecular weight is 238 g/mol. The molecule has 0 radical (unpaired) electrons. The molecule has 0 saturated carbocycles. The second kappa shape index (κ2) is 4.74. The molecule has 0 atom stereocenters. The summed E-state index contributed by atoms with van der Waals surface area (Å²) in [5.74, 6) is 0.697. The maximum absolute atomic E-state index is 11.7. The molecule has 0 saturated heterocycles. The number of H-pyrrole nitrogens is 1. The molecule has 0 aromatic carbocycles. The van der Waals surface area contributed by atoms with E-state index in [1.165, 1.54) is 11.8 Å². The summed E-state index contributed by atoms with van der Waals surface area (Å²) < 4.78 is 0. The van der Waals surface area contributed by atoms with Gasteiger partial charge in [-0.3, -0.25) is 9.59 Å². The molecule has 1 N–H and O–H groups in total. The van der Waals surface area contributed by atoms with Crippen LogP contribution in [0.15, 0.2) is 17.1 Å². The first kappa shape index (κ1) is 11.3.